The highest BCUT2D eigenvalue weighted by atomic mass is 32.2. The van der Waals surface area contributed by atoms with E-state index in [1.807, 2.05) is 0 Å². The van der Waals surface area contributed by atoms with Gasteiger partial charge >= 0.3 is 0 Å². The summed E-state index contributed by atoms with van der Waals surface area (Å²) in [6.45, 7) is 1.72. The summed E-state index contributed by atoms with van der Waals surface area (Å²) in [5.41, 5.74) is 6.74. The molecule has 6 nitrogen and oxygen atoms in total. The lowest BCUT2D eigenvalue weighted by Crippen LogP contribution is -2.22. The van der Waals surface area contributed by atoms with Gasteiger partial charge in [0.25, 0.3) is 10.2 Å². The lowest BCUT2D eigenvalue weighted by molar-refractivity contribution is 0.603. The zero-order valence-corrected chi connectivity index (χ0v) is 8.93. The molecule has 0 aliphatic carbocycles. The average Bonchev–Trinajstić information content (AvgIpc) is 2.06. The van der Waals surface area contributed by atoms with Crippen molar-refractivity contribution in [3.05, 3.63) is 29.3 Å². The van der Waals surface area contributed by atoms with Crippen molar-refractivity contribution in [1.82, 2.24) is 0 Å². The number of hydrogen-bond acceptors (Lipinski definition) is 3. The molecule has 1 aromatic rings. The van der Waals surface area contributed by atoms with Crippen LogP contribution in [0.1, 0.15) is 11.1 Å². The van der Waals surface area contributed by atoms with E-state index in [1.54, 1.807) is 19.1 Å². The van der Waals surface area contributed by atoms with E-state index in [1.165, 1.54) is 6.07 Å². The summed E-state index contributed by atoms with van der Waals surface area (Å²) < 4.78 is 23.8. The third-order valence-corrected chi connectivity index (χ3v) is 2.31. The highest BCUT2D eigenvalue weighted by Crippen LogP contribution is 2.17. The van der Waals surface area contributed by atoms with Crippen LogP contribution >= 0.6 is 0 Å². The van der Waals surface area contributed by atoms with Crippen LogP contribution in [0, 0.1) is 12.3 Å². The Morgan fingerprint density at radius 1 is 1.47 bits per heavy atom. The first-order chi connectivity index (χ1) is 6.79. The van der Waals surface area contributed by atoms with E-state index >= 15 is 0 Å². The number of nitrogen functional groups attached to an aromatic ring is 1. The van der Waals surface area contributed by atoms with Gasteiger partial charge in [0, 0.05) is 5.56 Å². The molecule has 0 aliphatic rings. The second kappa shape index (κ2) is 3.87. The quantitative estimate of drug-likeness (QED) is 0.426. The van der Waals surface area contributed by atoms with E-state index in [0.29, 0.717) is 16.8 Å². The second-order valence-corrected chi connectivity index (χ2v) is 4.38. The summed E-state index contributed by atoms with van der Waals surface area (Å²) in [4.78, 5) is 0. The van der Waals surface area contributed by atoms with Crippen molar-refractivity contribution in [2.45, 2.75) is 6.92 Å². The molecule has 0 atom stereocenters. The topological polar surface area (TPSA) is 122 Å². The van der Waals surface area contributed by atoms with E-state index in [4.69, 9.17) is 16.3 Å². The molecule has 0 unspecified atom stereocenters. The van der Waals surface area contributed by atoms with Crippen molar-refractivity contribution in [1.29, 1.82) is 5.41 Å². The number of hydrogen-bond donors (Lipinski definition) is 4. The van der Waals surface area contributed by atoms with Crippen molar-refractivity contribution < 1.29 is 8.42 Å². The summed E-state index contributed by atoms with van der Waals surface area (Å²) in [7, 11) is -3.80. The maximum atomic E-state index is 10.8. The molecule has 0 saturated heterocycles. The normalized spacial score (nSPS) is 11.1. The fraction of sp³-hybridized carbons (Fsp3) is 0.125. The van der Waals surface area contributed by atoms with Crippen LogP contribution in [-0.4, -0.2) is 14.3 Å². The minimum atomic E-state index is -3.80. The van der Waals surface area contributed by atoms with E-state index in [0.717, 1.165) is 0 Å². The van der Waals surface area contributed by atoms with Crippen molar-refractivity contribution >= 4 is 21.7 Å². The van der Waals surface area contributed by atoms with Gasteiger partial charge in [0.2, 0.25) is 0 Å². The van der Waals surface area contributed by atoms with Gasteiger partial charge in [0.05, 0.1) is 5.69 Å². The van der Waals surface area contributed by atoms with Crippen LogP contribution in [-0.2, 0) is 10.2 Å². The van der Waals surface area contributed by atoms with Gasteiger partial charge in [-0.2, -0.15) is 8.42 Å². The number of nitrogens with two attached hydrogens (primary N) is 2. The number of nitrogens with one attached hydrogen (secondary N) is 2. The molecule has 15 heavy (non-hydrogen) atoms. The average molecular weight is 228 g/mol. The Bertz CT molecular complexity index is 495. The largest absolute Gasteiger partial charge is 0.384 e. The lowest BCUT2D eigenvalue weighted by atomic mass is 10.1. The summed E-state index contributed by atoms with van der Waals surface area (Å²) in [6.07, 6.45) is 0. The lowest BCUT2D eigenvalue weighted by Gasteiger charge is -2.08. The first-order valence-electron chi connectivity index (χ1n) is 4.05. The van der Waals surface area contributed by atoms with Crippen molar-refractivity contribution in [2.24, 2.45) is 10.9 Å². The zero-order chi connectivity index (χ0) is 11.6. The molecule has 0 aliphatic heterocycles. The van der Waals surface area contributed by atoms with Gasteiger partial charge in [-0.3, -0.25) is 10.1 Å². The van der Waals surface area contributed by atoms with Gasteiger partial charge in [-0.15, -0.1) is 0 Å². The fourth-order valence-corrected chi connectivity index (χ4v) is 1.58. The van der Waals surface area contributed by atoms with Crippen LogP contribution in [0.25, 0.3) is 0 Å². The molecule has 0 spiro atoms. The van der Waals surface area contributed by atoms with Crippen LogP contribution in [0.2, 0.25) is 0 Å². The Morgan fingerprint density at radius 3 is 2.53 bits per heavy atom. The Balaban J connectivity index is 3.17. The van der Waals surface area contributed by atoms with Gasteiger partial charge in [-0.25, -0.2) is 5.14 Å². The number of anilines is 1. The smallest absolute Gasteiger partial charge is 0.296 e. The molecule has 0 fully saturated rings. The van der Waals surface area contributed by atoms with Crippen molar-refractivity contribution in [3.8, 4) is 0 Å². The molecule has 82 valence electrons. The number of rotatable bonds is 3. The SMILES string of the molecule is Cc1ccc(C(=N)N)cc1NS(N)(=O)=O. The second-order valence-electron chi connectivity index (χ2n) is 3.09. The maximum absolute atomic E-state index is 10.8. The molecule has 0 amide bonds. The van der Waals surface area contributed by atoms with Gasteiger partial charge in [0.15, 0.2) is 0 Å². The minimum Gasteiger partial charge on any atom is -0.384 e. The molecule has 0 radical (unpaired) electrons. The van der Waals surface area contributed by atoms with Crippen molar-refractivity contribution in [3.63, 3.8) is 0 Å². The first-order valence-corrected chi connectivity index (χ1v) is 5.60. The number of benzene rings is 1. The Labute approximate surface area is 88.0 Å². The van der Waals surface area contributed by atoms with Gasteiger partial charge in [-0.05, 0) is 18.6 Å². The van der Waals surface area contributed by atoms with E-state index < -0.39 is 10.2 Å². The zero-order valence-electron chi connectivity index (χ0n) is 8.11. The number of aryl methyl sites for hydroxylation is 1. The van der Waals surface area contributed by atoms with E-state index in [9.17, 15) is 8.42 Å². The molecule has 0 bridgehead atoms. The van der Waals surface area contributed by atoms with E-state index in [-0.39, 0.29) is 5.84 Å². The third kappa shape index (κ3) is 3.22. The predicted molar refractivity (Wildman–Crippen MR) is 58.9 cm³/mol. The molecular weight excluding hydrogens is 216 g/mol. The molecule has 0 saturated carbocycles. The monoisotopic (exact) mass is 228 g/mol. The van der Waals surface area contributed by atoms with E-state index in [2.05, 4.69) is 4.72 Å². The van der Waals surface area contributed by atoms with Crippen molar-refractivity contribution in [2.75, 3.05) is 4.72 Å². The Kier molecular flexibility index (Phi) is 2.96. The molecule has 1 aromatic carbocycles. The molecule has 1 rings (SSSR count). The fourth-order valence-electron chi connectivity index (χ4n) is 1.05. The molecular formula is C8H12N4O2S. The summed E-state index contributed by atoms with van der Waals surface area (Å²) >= 11 is 0. The van der Waals surface area contributed by atoms with Crippen LogP contribution < -0.4 is 15.6 Å². The van der Waals surface area contributed by atoms with Gasteiger partial charge < -0.3 is 5.73 Å². The summed E-state index contributed by atoms with van der Waals surface area (Å²) in [5.74, 6) is -0.132. The first kappa shape index (κ1) is 11.5. The van der Waals surface area contributed by atoms with Gasteiger partial charge in [-0.1, -0.05) is 12.1 Å². The third-order valence-electron chi connectivity index (χ3n) is 1.80. The summed E-state index contributed by atoms with van der Waals surface area (Å²) in [6, 6.07) is 4.75. The Morgan fingerprint density at radius 2 is 2.07 bits per heavy atom. The summed E-state index contributed by atoms with van der Waals surface area (Å²) in [5, 5.41) is 12.0. The highest BCUT2D eigenvalue weighted by molar-refractivity contribution is 7.90. The minimum absolute atomic E-state index is 0.132. The standard InChI is InChI=1S/C8H12N4O2S/c1-5-2-3-6(8(9)10)4-7(5)12-15(11,13)14/h2-4,12H,1H3,(H3,9,10)(H2,11,13,14). The van der Waals surface area contributed by atoms with Crippen LogP contribution in [0.4, 0.5) is 5.69 Å². The predicted octanol–water partition coefficient (Wildman–Crippen LogP) is -0.106. The van der Waals surface area contributed by atoms with Gasteiger partial charge in [0.1, 0.15) is 5.84 Å². The number of amidine groups is 1. The molecule has 0 heterocycles. The maximum Gasteiger partial charge on any atom is 0.296 e. The highest BCUT2D eigenvalue weighted by Gasteiger charge is 2.07. The molecule has 0 aromatic heterocycles. The van der Waals surface area contributed by atoms with Crippen LogP contribution in [0.5, 0.6) is 0 Å². The van der Waals surface area contributed by atoms with Crippen LogP contribution in [0.3, 0.4) is 0 Å². The Hall–Kier alpha value is -1.60. The molecule has 6 N–H and O–H groups in total. The molecule has 7 heteroatoms. The van der Waals surface area contributed by atoms with Crippen LogP contribution in [0.15, 0.2) is 18.2 Å².